The van der Waals surface area contributed by atoms with E-state index in [9.17, 15) is 9.50 Å². The molecule has 24 heavy (non-hydrogen) atoms. The first-order valence-electron chi connectivity index (χ1n) is 7.41. The van der Waals surface area contributed by atoms with Crippen molar-refractivity contribution in [3.05, 3.63) is 64.7 Å². The summed E-state index contributed by atoms with van der Waals surface area (Å²) < 4.78 is 13.2. The molecule has 0 aliphatic carbocycles. The highest BCUT2D eigenvalue weighted by atomic mass is 35.5. The van der Waals surface area contributed by atoms with Crippen LogP contribution in [0, 0.1) is 5.82 Å². The van der Waals surface area contributed by atoms with Crippen LogP contribution in [0.3, 0.4) is 0 Å². The highest BCUT2D eigenvalue weighted by Gasteiger charge is 2.30. The molecule has 0 saturated carbocycles. The molecular formula is C17H20Cl3FN2O. The molecule has 132 valence electrons. The average Bonchev–Trinajstić information content (AvgIpc) is 2.97. The van der Waals surface area contributed by atoms with Gasteiger partial charge < -0.3 is 10.4 Å². The maximum Gasteiger partial charge on any atom is 0.141 e. The number of halogens is 4. The van der Waals surface area contributed by atoms with E-state index in [0.29, 0.717) is 11.6 Å². The second kappa shape index (κ2) is 9.54. The summed E-state index contributed by atoms with van der Waals surface area (Å²) in [4.78, 5) is 3.80. The van der Waals surface area contributed by atoms with Crippen molar-refractivity contribution in [3.63, 3.8) is 0 Å². The first kappa shape index (κ1) is 21.1. The predicted octanol–water partition coefficient (Wildman–Crippen LogP) is 4.11. The van der Waals surface area contributed by atoms with Gasteiger partial charge in [0.2, 0.25) is 0 Å². The molecule has 3 atom stereocenters. The molecule has 1 saturated heterocycles. The van der Waals surface area contributed by atoms with Crippen molar-refractivity contribution >= 4 is 36.4 Å². The van der Waals surface area contributed by atoms with Crippen molar-refractivity contribution in [3.8, 4) is 0 Å². The number of nitrogens with one attached hydrogen (secondary N) is 1. The van der Waals surface area contributed by atoms with Gasteiger partial charge in [-0.05, 0) is 43.0 Å². The van der Waals surface area contributed by atoms with Crippen LogP contribution in [0.2, 0.25) is 5.02 Å². The monoisotopic (exact) mass is 392 g/mol. The Balaban J connectivity index is 0.00000144. The summed E-state index contributed by atoms with van der Waals surface area (Å²) in [6.45, 7) is 0. The molecule has 7 heteroatoms. The molecule has 1 aliphatic heterocycles. The standard InChI is InChI=1S/C17H18ClFN2O.2ClH/c18-13-3-1-11(2-4-13)7-15-5-6-16(21-15)17(22)12-8-14(19)10-20-9-12;;/h1-4,8-10,15-17,21-22H,5-7H2;2*1H/t15-,16+,17-;;/m0../s1. The van der Waals surface area contributed by atoms with Gasteiger partial charge in [-0.15, -0.1) is 24.8 Å². The van der Waals surface area contributed by atoms with Crippen LogP contribution in [0.1, 0.15) is 30.1 Å². The summed E-state index contributed by atoms with van der Waals surface area (Å²) >= 11 is 5.89. The fraction of sp³-hybridized carbons (Fsp3) is 0.353. The maximum atomic E-state index is 13.2. The molecule has 1 aliphatic rings. The van der Waals surface area contributed by atoms with Gasteiger partial charge in [-0.25, -0.2) is 4.39 Å². The van der Waals surface area contributed by atoms with E-state index in [2.05, 4.69) is 10.3 Å². The van der Waals surface area contributed by atoms with Crippen LogP contribution in [0.15, 0.2) is 42.7 Å². The summed E-state index contributed by atoms with van der Waals surface area (Å²) in [5.41, 5.74) is 1.73. The molecule has 2 heterocycles. The van der Waals surface area contributed by atoms with Crippen molar-refractivity contribution in [2.75, 3.05) is 0 Å². The molecule has 0 spiro atoms. The molecule has 1 aromatic carbocycles. The number of aromatic nitrogens is 1. The number of aliphatic hydroxyl groups is 1. The van der Waals surface area contributed by atoms with Crippen LogP contribution in [-0.4, -0.2) is 22.2 Å². The van der Waals surface area contributed by atoms with E-state index in [4.69, 9.17) is 11.6 Å². The lowest BCUT2D eigenvalue weighted by molar-refractivity contribution is 0.134. The lowest BCUT2D eigenvalue weighted by Crippen LogP contribution is -2.35. The molecule has 0 unspecified atom stereocenters. The minimum absolute atomic E-state index is 0. The Labute approximate surface area is 158 Å². The Morgan fingerprint density at radius 2 is 1.92 bits per heavy atom. The highest BCUT2D eigenvalue weighted by molar-refractivity contribution is 6.30. The second-order valence-electron chi connectivity index (χ2n) is 5.76. The van der Waals surface area contributed by atoms with Crippen LogP contribution in [0.4, 0.5) is 4.39 Å². The SMILES string of the molecule is Cl.Cl.O[C@@H](c1cncc(F)c1)[C@H]1CC[C@@H](Cc2ccc(Cl)cc2)N1. The second-order valence-corrected chi connectivity index (χ2v) is 6.20. The summed E-state index contributed by atoms with van der Waals surface area (Å²) in [5.74, 6) is -0.424. The van der Waals surface area contributed by atoms with Crippen molar-refractivity contribution < 1.29 is 9.50 Å². The van der Waals surface area contributed by atoms with E-state index in [1.54, 1.807) is 0 Å². The van der Waals surface area contributed by atoms with E-state index in [1.807, 2.05) is 24.3 Å². The van der Waals surface area contributed by atoms with Crippen LogP contribution < -0.4 is 5.32 Å². The number of pyridine rings is 1. The summed E-state index contributed by atoms with van der Waals surface area (Å²) in [6, 6.07) is 9.39. The van der Waals surface area contributed by atoms with E-state index in [0.717, 1.165) is 30.5 Å². The third-order valence-electron chi connectivity index (χ3n) is 4.12. The quantitative estimate of drug-likeness (QED) is 0.821. The number of hydrogen-bond donors (Lipinski definition) is 2. The Hall–Kier alpha value is -0.910. The van der Waals surface area contributed by atoms with E-state index in [-0.39, 0.29) is 30.9 Å². The summed E-state index contributed by atoms with van der Waals surface area (Å²) in [6.07, 6.45) is 4.65. The van der Waals surface area contributed by atoms with Crippen LogP contribution >= 0.6 is 36.4 Å². The third kappa shape index (κ3) is 5.30. The highest BCUT2D eigenvalue weighted by Crippen LogP contribution is 2.26. The number of rotatable bonds is 4. The predicted molar refractivity (Wildman–Crippen MR) is 98.8 cm³/mol. The minimum atomic E-state index is -0.738. The van der Waals surface area contributed by atoms with Crippen LogP contribution in [0.25, 0.3) is 0 Å². The molecule has 1 aromatic heterocycles. The van der Waals surface area contributed by atoms with Gasteiger partial charge in [0.1, 0.15) is 5.82 Å². The number of aliphatic hydroxyl groups excluding tert-OH is 1. The van der Waals surface area contributed by atoms with Crippen molar-refractivity contribution in [1.29, 1.82) is 0 Å². The molecule has 3 rings (SSSR count). The Morgan fingerprint density at radius 3 is 2.58 bits per heavy atom. The Morgan fingerprint density at radius 1 is 1.21 bits per heavy atom. The lowest BCUT2D eigenvalue weighted by Gasteiger charge is -2.20. The van der Waals surface area contributed by atoms with E-state index in [1.165, 1.54) is 17.8 Å². The van der Waals surface area contributed by atoms with Crippen molar-refractivity contribution in [1.82, 2.24) is 10.3 Å². The normalized spacial score (nSPS) is 20.8. The van der Waals surface area contributed by atoms with Crippen molar-refractivity contribution in [2.45, 2.75) is 37.5 Å². The zero-order chi connectivity index (χ0) is 15.5. The summed E-state index contributed by atoms with van der Waals surface area (Å²) in [7, 11) is 0. The lowest BCUT2D eigenvalue weighted by atomic mass is 10.0. The van der Waals surface area contributed by atoms with Gasteiger partial charge in [0.25, 0.3) is 0 Å². The maximum absolute atomic E-state index is 13.2. The largest absolute Gasteiger partial charge is 0.387 e. The number of nitrogens with zero attached hydrogens (tertiary/aromatic N) is 1. The van der Waals surface area contributed by atoms with Crippen LogP contribution in [0.5, 0.6) is 0 Å². The third-order valence-corrected chi connectivity index (χ3v) is 4.37. The van der Waals surface area contributed by atoms with E-state index >= 15 is 0 Å². The molecule has 3 nitrogen and oxygen atoms in total. The van der Waals surface area contributed by atoms with Gasteiger partial charge in [0.15, 0.2) is 0 Å². The fourth-order valence-corrected chi connectivity index (χ4v) is 3.11. The fourth-order valence-electron chi connectivity index (χ4n) is 2.99. The zero-order valence-electron chi connectivity index (χ0n) is 12.9. The molecular weight excluding hydrogens is 374 g/mol. The van der Waals surface area contributed by atoms with Gasteiger partial charge in [-0.3, -0.25) is 4.98 Å². The van der Waals surface area contributed by atoms with Crippen LogP contribution in [-0.2, 0) is 6.42 Å². The summed E-state index contributed by atoms with van der Waals surface area (Å²) in [5, 5.41) is 14.5. The van der Waals surface area contributed by atoms with E-state index < -0.39 is 11.9 Å². The molecule has 1 fully saturated rings. The first-order valence-corrected chi connectivity index (χ1v) is 7.78. The molecule has 0 bridgehead atoms. The zero-order valence-corrected chi connectivity index (χ0v) is 15.3. The number of hydrogen-bond acceptors (Lipinski definition) is 3. The number of benzene rings is 1. The average molecular weight is 394 g/mol. The minimum Gasteiger partial charge on any atom is -0.387 e. The van der Waals surface area contributed by atoms with Gasteiger partial charge in [0.05, 0.1) is 12.3 Å². The topological polar surface area (TPSA) is 45.2 Å². The smallest absolute Gasteiger partial charge is 0.141 e. The molecule has 0 radical (unpaired) electrons. The molecule has 0 amide bonds. The van der Waals surface area contributed by atoms with Gasteiger partial charge in [-0.1, -0.05) is 23.7 Å². The van der Waals surface area contributed by atoms with Gasteiger partial charge >= 0.3 is 0 Å². The first-order chi connectivity index (χ1) is 10.6. The Kier molecular flexibility index (Phi) is 8.40. The Bertz CT molecular complexity index is 642. The molecule has 2 N–H and O–H groups in total. The van der Waals surface area contributed by atoms with Crippen molar-refractivity contribution in [2.24, 2.45) is 0 Å². The molecule has 2 aromatic rings. The van der Waals surface area contributed by atoms with Gasteiger partial charge in [0, 0.05) is 28.9 Å². The van der Waals surface area contributed by atoms with Gasteiger partial charge in [-0.2, -0.15) is 0 Å².